The van der Waals surface area contributed by atoms with Crippen LogP contribution in [0.15, 0.2) is 18.9 Å². The number of H-pyrrole nitrogens is 1. The van der Waals surface area contributed by atoms with Crippen LogP contribution < -0.4 is 5.73 Å². The quantitative estimate of drug-likeness (QED) is 0.379. The molecule has 11 nitrogen and oxygen atoms in total. The molecule has 24 heavy (non-hydrogen) atoms. The second kappa shape index (κ2) is 5.49. The molecular formula is C13H15N7O4. The number of nitrogens with zero attached hydrogens (tertiary/aromatic N) is 5. The molecule has 1 aliphatic rings. The lowest BCUT2D eigenvalue weighted by Gasteiger charge is -2.18. The average molecular weight is 333 g/mol. The topological polar surface area (TPSA) is 168 Å². The van der Waals surface area contributed by atoms with Crippen LogP contribution in [0.1, 0.15) is 6.23 Å². The van der Waals surface area contributed by atoms with E-state index >= 15 is 0 Å². The van der Waals surface area contributed by atoms with Crippen molar-refractivity contribution in [3.63, 3.8) is 0 Å². The number of hydrogen-bond acceptors (Lipinski definition) is 9. The van der Waals surface area contributed by atoms with Crippen molar-refractivity contribution in [2.75, 3.05) is 12.3 Å². The Balaban J connectivity index is 1.94. The fourth-order valence-electron chi connectivity index (χ4n) is 2.83. The van der Waals surface area contributed by atoms with Gasteiger partial charge in [-0.3, -0.25) is 4.57 Å². The van der Waals surface area contributed by atoms with E-state index in [1.807, 2.05) is 0 Å². The summed E-state index contributed by atoms with van der Waals surface area (Å²) in [4.78, 5) is 19.4. The molecule has 11 heteroatoms. The molecule has 0 aliphatic carbocycles. The molecule has 3 aromatic rings. The number of nitrogens with two attached hydrogens (primary N) is 1. The van der Waals surface area contributed by atoms with Gasteiger partial charge in [0.1, 0.15) is 30.3 Å². The van der Waals surface area contributed by atoms with E-state index in [9.17, 15) is 15.3 Å². The van der Waals surface area contributed by atoms with Gasteiger partial charge in [0, 0.05) is 0 Å². The van der Waals surface area contributed by atoms with Crippen molar-refractivity contribution in [3.05, 3.63) is 18.9 Å². The maximum atomic E-state index is 10.3. The molecule has 0 radical (unpaired) electrons. The number of aliphatic hydroxyl groups is 3. The van der Waals surface area contributed by atoms with Crippen molar-refractivity contribution in [2.24, 2.45) is 0 Å². The van der Waals surface area contributed by atoms with Crippen molar-refractivity contribution in [1.82, 2.24) is 29.5 Å². The molecule has 0 unspecified atom stereocenters. The first-order chi connectivity index (χ1) is 11.6. The van der Waals surface area contributed by atoms with E-state index in [2.05, 4.69) is 24.9 Å². The molecule has 0 aromatic carbocycles. The summed E-state index contributed by atoms with van der Waals surface area (Å²) >= 11 is 0. The molecule has 126 valence electrons. The zero-order valence-electron chi connectivity index (χ0n) is 12.3. The highest BCUT2D eigenvalue weighted by atomic mass is 16.6. The highest BCUT2D eigenvalue weighted by Gasteiger charge is 2.45. The average Bonchev–Trinajstić information content (AvgIpc) is 3.27. The molecule has 0 saturated carbocycles. The highest BCUT2D eigenvalue weighted by molar-refractivity contribution is 5.84. The van der Waals surface area contributed by atoms with Crippen LogP contribution in [-0.2, 0) is 4.74 Å². The summed E-state index contributed by atoms with van der Waals surface area (Å²) in [6.45, 7) is -0.433. The Morgan fingerprint density at radius 1 is 1.29 bits per heavy atom. The number of hydrogen-bond donors (Lipinski definition) is 5. The third-order valence-electron chi connectivity index (χ3n) is 4.02. The minimum atomic E-state index is -1.28. The first-order valence-corrected chi connectivity index (χ1v) is 7.21. The van der Waals surface area contributed by atoms with Gasteiger partial charge in [-0.1, -0.05) is 0 Å². The van der Waals surface area contributed by atoms with Gasteiger partial charge in [0.05, 0.1) is 19.1 Å². The Morgan fingerprint density at radius 2 is 2.12 bits per heavy atom. The highest BCUT2D eigenvalue weighted by Crippen LogP contribution is 2.35. The van der Waals surface area contributed by atoms with Crippen LogP contribution in [0, 0.1) is 0 Å². The first kappa shape index (κ1) is 15.0. The molecule has 0 bridgehead atoms. The molecule has 6 N–H and O–H groups in total. The third kappa shape index (κ3) is 2.06. The molecule has 1 aliphatic heterocycles. The van der Waals surface area contributed by atoms with Gasteiger partial charge < -0.3 is 30.8 Å². The van der Waals surface area contributed by atoms with Gasteiger partial charge in [-0.25, -0.2) is 19.9 Å². The second-order valence-corrected chi connectivity index (χ2v) is 5.43. The normalized spacial score (nSPS) is 27.1. The second-order valence-electron chi connectivity index (χ2n) is 5.43. The van der Waals surface area contributed by atoms with Crippen LogP contribution in [-0.4, -0.2) is 69.7 Å². The predicted molar refractivity (Wildman–Crippen MR) is 80.3 cm³/mol. The van der Waals surface area contributed by atoms with E-state index < -0.39 is 31.1 Å². The molecule has 4 atom stereocenters. The van der Waals surface area contributed by atoms with Gasteiger partial charge in [0.25, 0.3) is 0 Å². The van der Waals surface area contributed by atoms with Gasteiger partial charge in [-0.15, -0.1) is 0 Å². The molecule has 0 amide bonds. The number of aromatic amines is 1. The smallest absolute Gasteiger partial charge is 0.168 e. The lowest BCUT2D eigenvalue weighted by Crippen LogP contribution is -2.33. The monoisotopic (exact) mass is 333 g/mol. The first-order valence-electron chi connectivity index (χ1n) is 7.21. The summed E-state index contributed by atoms with van der Waals surface area (Å²) in [6.07, 6.45) is -0.156. The molecule has 4 heterocycles. The van der Waals surface area contributed by atoms with E-state index in [4.69, 9.17) is 10.5 Å². The third-order valence-corrected chi connectivity index (χ3v) is 4.02. The van der Waals surface area contributed by atoms with Gasteiger partial charge >= 0.3 is 0 Å². The zero-order chi connectivity index (χ0) is 16.8. The van der Waals surface area contributed by atoms with Crippen molar-refractivity contribution >= 4 is 17.0 Å². The molecular weight excluding hydrogens is 318 g/mol. The Bertz CT molecular complexity index is 865. The fraction of sp³-hybridized carbons (Fsp3) is 0.385. The van der Waals surface area contributed by atoms with Gasteiger partial charge in [0.2, 0.25) is 0 Å². The minimum Gasteiger partial charge on any atom is -0.394 e. The van der Waals surface area contributed by atoms with E-state index in [-0.39, 0.29) is 5.82 Å². The van der Waals surface area contributed by atoms with Crippen LogP contribution >= 0.6 is 0 Å². The van der Waals surface area contributed by atoms with Crippen LogP contribution in [0.25, 0.3) is 22.7 Å². The number of aromatic nitrogens is 6. The Kier molecular flexibility index (Phi) is 3.42. The number of anilines is 1. The van der Waals surface area contributed by atoms with Crippen LogP contribution in [0.3, 0.4) is 0 Å². The van der Waals surface area contributed by atoms with Crippen LogP contribution in [0.4, 0.5) is 5.82 Å². The van der Waals surface area contributed by atoms with E-state index in [1.165, 1.54) is 17.2 Å². The minimum absolute atomic E-state index is 0.172. The van der Waals surface area contributed by atoms with Crippen LogP contribution in [0.5, 0.6) is 0 Å². The molecule has 1 saturated heterocycles. The molecule has 0 spiro atoms. The van der Waals surface area contributed by atoms with Crippen molar-refractivity contribution in [2.45, 2.75) is 24.5 Å². The number of ether oxygens (including phenoxy) is 1. The zero-order valence-corrected chi connectivity index (χ0v) is 12.3. The van der Waals surface area contributed by atoms with Gasteiger partial charge in [-0.2, -0.15) is 0 Å². The Labute approximate surface area is 134 Å². The molecule has 3 aromatic heterocycles. The van der Waals surface area contributed by atoms with Crippen molar-refractivity contribution in [1.29, 1.82) is 0 Å². The van der Waals surface area contributed by atoms with Gasteiger partial charge in [-0.05, 0) is 0 Å². The van der Waals surface area contributed by atoms with Crippen LogP contribution in [0.2, 0.25) is 0 Å². The summed E-state index contributed by atoms with van der Waals surface area (Å²) < 4.78 is 7.11. The number of fused-ring (bicyclic) bond motifs is 1. The summed E-state index contributed by atoms with van der Waals surface area (Å²) in [7, 11) is 0. The number of nitrogen functional groups attached to an aromatic ring is 1. The number of rotatable bonds is 3. The predicted octanol–water partition coefficient (Wildman–Crippen LogP) is -1.59. The summed E-state index contributed by atoms with van der Waals surface area (Å²) in [5, 5.41) is 29.7. The Morgan fingerprint density at radius 3 is 2.79 bits per heavy atom. The largest absolute Gasteiger partial charge is 0.394 e. The summed E-state index contributed by atoms with van der Waals surface area (Å²) in [5.41, 5.74) is 7.08. The van der Waals surface area contributed by atoms with E-state index in [0.29, 0.717) is 22.7 Å². The molecule has 4 rings (SSSR count). The SMILES string of the molecule is Nc1ncnc2c1nc(-c1cnc[nH]1)n2[C@@H]1O[C@H](CO)[C@@H](O)[C@H]1O. The maximum Gasteiger partial charge on any atom is 0.168 e. The molecule has 1 fully saturated rings. The lowest BCUT2D eigenvalue weighted by atomic mass is 10.1. The summed E-state index contributed by atoms with van der Waals surface area (Å²) in [6, 6.07) is 0. The standard InChI is InChI=1S/C13H15N7O4/c14-10-7-12(18-4-17-10)20(11(19-7)5-1-15-3-16-5)13-9(23)8(22)6(2-21)24-13/h1,3-4,6,8-9,13,21-23H,2H2,(H,15,16)(H2,14,17,18)/t6-,8-,9-,13-/m1/s1. The van der Waals surface area contributed by atoms with Gasteiger partial charge in [0.15, 0.2) is 29.0 Å². The van der Waals surface area contributed by atoms with E-state index in [1.54, 1.807) is 6.20 Å². The Hall–Kier alpha value is -2.60. The lowest BCUT2D eigenvalue weighted by molar-refractivity contribution is -0.0503. The van der Waals surface area contributed by atoms with Crippen molar-refractivity contribution < 1.29 is 20.1 Å². The maximum absolute atomic E-state index is 10.3. The number of imidazole rings is 2. The van der Waals surface area contributed by atoms with E-state index in [0.717, 1.165) is 0 Å². The fourth-order valence-corrected chi connectivity index (χ4v) is 2.83. The van der Waals surface area contributed by atoms with Crippen molar-refractivity contribution in [3.8, 4) is 11.5 Å². The number of aliphatic hydroxyl groups excluding tert-OH is 3. The summed E-state index contributed by atoms with van der Waals surface area (Å²) in [5.74, 6) is 0.538. The number of nitrogens with one attached hydrogen (secondary N) is 1.